The first-order chi connectivity index (χ1) is 12.1. The lowest BCUT2D eigenvalue weighted by Gasteiger charge is -2.21. The summed E-state index contributed by atoms with van der Waals surface area (Å²) in [5.74, 6) is 1.32. The number of anilines is 1. The summed E-state index contributed by atoms with van der Waals surface area (Å²) in [7, 11) is 0. The quantitative estimate of drug-likeness (QED) is 0.699. The fraction of sp³-hybridized carbons (Fsp3) is 0.250. The Labute approximate surface area is 150 Å². The third kappa shape index (κ3) is 2.67. The van der Waals surface area contributed by atoms with Crippen molar-refractivity contribution < 1.29 is 9.15 Å². The van der Waals surface area contributed by atoms with E-state index in [4.69, 9.17) is 20.8 Å². The number of rotatable bonds is 2. The van der Waals surface area contributed by atoms with E-state index in [1.54, 1.807) is 18.2 Å². The molecule has 1 aromatic heterocycles. The molecule has 3 aromatic rings. The largest absolute Gasteiger partial charge is 0.486 e. The molecule has 25 heavy (non-hydrogen) atoms. The van der Waals surface area contributed by atoms with Gasteiger partial charge in [-0.3, -0.25) is 4.79 Å². The van der Waals surface area contributed by atoms with Crippen LogP contribution in [0.4, 0.5) is 5.69 Å². The molecule has 5 heteroatoms. The summed E-state index contributed by atoms with van der Waals surface area (Å²) in [6.45, 7) is 5.31. The van der Waals surface area contributed by atoms with Crippen molar-refractivity contribution in [2.45, 2.75) is 19.8 Å². The zero-order valence-electron chi connectivity index (χ0n) is 14.1. The van der Waals surface area contributed by atoms with Crippen LogP contribution in [-0.4, -0.2) is 13.2 Å². The lowest BCUT2D eigenvalue weighted by molar-refractivity contribution is 0.320. The minimum Gasteiger partial charge on any atom is -0.486 e. The predicted molar refractivity (Wildman–Crippen MR) is 101 cm³/mol. The molecule has 2 heterocycles. The molecule has 0 atom stereocenters. The van der Waals surface area contributed by atoms with Gasteiger partial charge in [-0.25, -0.2) is 0 Å². The molecule has 0 spiro atoms. The Morgan fingerprint density at radius 2 is 1.88 bits per heavy atom. The number of hydrogen-bond acceptors (Lipinski definition) is 4. The van der Waals surface area contributed by atoms with Crippen LogP contribution in [0.1, 0.15) is 25.5 Å². The average Bonchev–Trinajstić information content (AvgIpc) is 2.62. The van der Waals surface area contributed by atoms with Crippen LogP contribution in [0.3, 0.4) is 0 Å². The van der Waals surface area contributed by atoms with Crippen LogP contribution >= 0.6 is 11.6 Å². The van der Waals surface area contributed by atoms with Gasteiger partial charge in [-0.15, -0.1) is 0 Å². The van der Waals surface area contributed by atoms with Gasteiger partial charge < -0.3 is 14.5 Å². The zero-order chi connectivity index (χ0) is 17.6. The van der Waals surface area contributed by atoms with E-state index in [9.17, 15) is 4.79 Å². The van der Waals surface area contributed by atoms with Crippen molar-refractivity contribution in [1.29, 1.82) is 0 Å². The second-order valence-corrected chi connectivity index (χ2v) is 6.86. The van der Waals surface area contributed by atoms with Gasteiger partial charge in [-0.2, -0.15) is 0 Å². The van der Waals surface area contributed by atoms with Gasteiger partial charge in [0.15, 0.2) is 11.3 Å². The Morgan fingerprint density at radius 3 is 2.60 bits per heavy atom. The number of fused-ring (bicyclic) bond motifs is 3. The molecule has 0 bridgehead atoms. The molecule has 1 aliphatic heterocycles. The second kappa shape index (κ2) is 6.12. The molecular weight excluding hydrogens is 338 g/mol. The monoisotopic (exact) mass is 355 g/mol. The van der Waals surface area contributed by atoms with Gasteiger partial charge in [-0.05, 0) is 29.8 Å². The number of hydrogen-bond donors (Lipinski definition) is 1. The molecule has 4 nitrogen and oxygen atoms in total. The van der Waals surface area contributed by atoms with Gasteiger partial charge in [0.1, 0.15) is 12.4 Å². The van der Waals surface area contributed by atoms with E-state index < -0.39 is 0 Å². The van der Waals surface area contributed by atoms with Crippen molar-refractivity contribution in [3.8, 4) is 16.9 Å². The topological polar surface area (TPSA) is 51.5 Å². The summed E-state index contributed by atoms with van der Waals surface area (Å²) in [6, 6.07) is 10.9. The summed E-state index contributed by atoms with van der Waals surface area (Å²) in [4.78, 5) is 13.3. The molecular formula is C20H18ClNO3. The fourth-order valence-electron chi connectivity index (χ4n) is 3.17. The van der Waals surface area contributed by atoms with E-state index in [0.29, 0.717) is 39.7 Å². The summed E-state index contributed by atoms with van der Waals surface area (Å²) in [5, 5.41) is 4.43. The van der Waals surface area contributed by atoms with E-state index in [1.165, 1.54) is 0 Å². The maximum absolute atomic E-state index is 13.3. The average molecular weight is 356 g/mol. The lowest BCUT2D eigenvalue weighted by atomic mass is 9.96. The van der Waals surface area contributed by atoms with Crippen LogP contribution in [0, 0.1) is 0 Å². The molecule has 4 rings (SSSR count). The van der Waals surface area contributed by atoms with E-state index in [1.807, 2.05) is 32.0 Å². The van der Waals surface area contributed by atoms with Gasteiger partial charge >= 0.3 is 0 Å². The molecule has 1 N–H and O–H groups in total. The summed E-state index contributed by atoms with van der Waals surface area (Å²) in [6.07, 6.45) is 0. The maximum Gasteiger partial charge on any atom is 0.200 e. The van der Waals surface area contributed by atoms with E-state index >= 15 is 0 Å². The summed E-state index contributed by atoms with van der Waals surface area (Å²) in [5.41, 5.74) is 2.71. The standard InChI is InChI=1S/C20H18ClNO3/c1-11(2)18-16(12-3-5-13(21)6-4-12)17(23)14-7-8-15-20(19(14)25-18)24-10-9-22-15/h3-8,11,22H,9-10H2,1-2H3. The van der Waals surface area contributed by atoms with Crippen LogP contribution in [0.5, 0.6) is 5.75 Å². The van der Waals surface area contributed by atoms with Crippen molar-refractivity contribution in [2.75, 3.05) is 18.5 Å². The Hall–Kier alpha value is -2.46. The Balaban J connectivity index is 2.06. The van der Waals surface area contributed by atoms with Crippen molar-refractivity contribution in [1.82, 2.24) is 0 Å². The van der Waals surface area contributed by atoms with Crippen LogP contribution < -0.4 is 15.5 Å². The highest BCUT2D eigenvalue weighted by Gasteiger charge is 2.23. The van der Waals surface area contributed by atoms with Crippen molar-refractivity contribution >= 4 is 28.3 Å². The molecule has 0 fully saturated rings. The molecule has 0 radical (unpaired) electrons. The Morgan fingerprint density at radius 1 is 1.12 bits per heavy atom. The Bertz CT molecular complexity index is 1010. The molecule has 0 unspecified atom stereocenters. The van der Waals surface area contributed by atoms with Gasteiger partial charge in [0.2, 0.25) is 5.43 Å². The van der Waals surface area contributed by atoms with Crippen LogP contribution in [0.25, 0.3) is 22.1 Å². The third-order valence-corrected chi connectivity index (χ3v) is 4.62. The maximum atomic E-state index is 13.3. The highest BCUT2D eigenvalue weighted by molar-refractivity contribution is 6.30. The molecule has 128 valence electrons. The van der Waals surface area contributed by atoms with Crippen molar-refractivity contribution in [3.05, 3.63) is 57.4 Å². The minimum atomic E-state index is -0.0516. The number of halogens is 1. The third-order valence-electron chi connectivity index (χ3n) is 4.36. The summed E-state index contributed by atoms with van der Waals surface area (Å²) >= 11 is 5.99. The Kier molecular flexibility index (Phi) is 3.92. The highest BCUT2D eigenvalue weighted by Crippen LogP contribution is 2.38. The van der Waals surface area contributed by atoms with Crippen LogP contribution in [-0.2, 0) is 0 Å². The normalized spacial score (nSPS) is 13.4. The minimum absolute atomic E-state index is 0.0511. The zero-order valence-corrected chi connectivity index (χ0v) is 14.8. The lowest BCUT2D eigenvalue weighted by Crippen LogP contribution is -2.19. The van der Waals surface area contributed by atoms with Gasteiger partial charge in [0.25, 0.3) is 0 Å². The SMILES string of the molecule is CC(C)c1oc2c3c(ccc2c(=O)c1-c1ccc(Cl)cc1)NCCO3. The first-order valence-corrected chi connectivity index (χ1v) is 8.70. The van der Waals surface area contributed by atoms with Gasteiger partial charge in [0, 0.05) is 17.5 Å². The van der Waals surface area contributed by atoms with Gasteiger partial charge in [-0.1, -0.05) is 37.6 Å². The van der Waals surface area contributed by atoms with E-state index in [-0.39, 0.29) is 11.3 Å². The second-order valence-electron chi connectivity index (χ2n) is 6.43. The molecule has 0 saturated carbocycles. The number of benzene rings is 2. The predicted octanol–water partition coefficient (Wildman–Crippen LogP) is 5.04. The first kappa shape index (κ1) is 16.0. The number of ether oxygens (including phenoxy) is 1. The highest BCUT2D eigenvalue weighted by atomic mass is 35.5. The fourth-order valence-corrected chi connectivity index (χ4v) is 3.29. The molecule has 0 amide bonds. The smallest absolute Gasteiger partial charge is 0.200 e. The van der Waals surface area contributed by atoms with E-state index in [0.717, 1.165) is 17.8 Å². The number of nitrogens with one attached hydrogen (secondary N) is 1. The molecule has 2 aromatic carbocycles. The first-order valence-electron chi connectivity index (χ1n) is 8.32. The molecule has 0 aliphatic carbocycles. The van der Waals surface area contributed by atoms with Crippen molar-refractivity contribution in [3.63, 3.8) is 0 Å². The molecule has 1 aliphatic rings. The summed E-state index contributed by atoms with van der Waals surface area (Å²) < 4.78 is 12.0. The van der Waals surface area contributed by atoms with Gasteiger partial charge in [0.05, 0.1) is 16.6 Å². The van der Waals surface area contributed by atoms with E-state index in [2.05, 4.69) is 5.32 Å². The van der Waals surface area contributed by atoms with Crippen LogP contribution in [0.2, 0.25) is 5.02 Å². The van der Waals surface area contributed by atoms with Crippen LogP contribution in [0.15, 0.2) is 45.6 Å². The van der Waals surface area contributed by atoms with Crippen molar-refractivity contribution in [2.24, 2.45) is 0 Å². The molecule has 0 saturated heterocycles.